The molecule has 31 heavy (non-hydrogen) atoms. The van der Waals surface area contributed by atoms with E-state index in [2.05, 4.69) is 26.5 Å². The van der Waals surface area contributed by atoms with Crippen LogP contribution >= 0.6 is 39.1 Å². The van der Waals surface area contributed by atoms with Crippen molar-refractivity contribution in [2.75, 3.05) is 6.79 Å². The van der Waals surface area contributed by atoms with Gasteiger partial charge in [0.15, 0.2) is 11.5 Å². The maximum Gasteiger partial charge on any atom is 0.271 e. The maximum atomic E-state index is 12.3. The fourth-order valence-electron chi connectivity index (χ4n) is 2.76. The molecule has 9 heteroatoms. The average Bonchev–Trinajstić information content (AvgIpc) is 3.20. The number of carbonyl (C=O) groups excluding carboxylic acids is 1. The van der Waals surface area contributed by atoms with Crippen molar-refractivity contribution in [2.24, 2.45) is 5.10 Å². The third-order valence-corrected chi connectivity index (χ3v) is 5.66. The third-order valence-electron chi connectivity index (χ3n) is 4.39. The Kier molecular flexibility index (Phi) is 6.65. The first-order chi connectivity index (χ1) is 15.0. The van der Waals surface area contributed by atoms with Gasteiger partial charge in [-0.1, -0.05) is 29.3 Å². The lowest BCUT2D eigenvalue weighted by Crippen LogP contribution is -2.17. The van der Waals surface area contributed by atoms with Crippen LogP contribution in [0.3, 0.4) is 0 Å². The first kappa shape index (κ1) is 21.5. The summed E-state index contributed by atoms with van der Waals surface area (Å²) in [7, 11) is 0. The van der Waals surface area contributed by atoms with E-state index >= 15 is 0 Å². The minimum absolute atomic E-state index is 0.186. The van der Waals surface area contributed by atoms with E-state index in [-0.39, 0.29) is 19.3 Å². The number of hydrogen-bond donors (Lipinski definition) is 1. The van der Waals surface area contributed by atoms with E-state index in [0.29, 0.717) is 32.9 Å². The Balaban J connectivity index is 1.33. The summed E-state index contributed by atoms with van der Waals surface area (Å²) in [6.07, 6.45) is 1.53. The number of hydrazone groups is 1. The fourth-order valence-corrected chi connectivity index (χ4v) is 3.65. The molecular formula is C22H15BrCl2N2O4. The summed E-state index contributed by atoms with van der Waals surface area (Å²) >= 11 is 15.5. The van der Waals surface area contributed by atoms with Gasteiger partial charge in [0.2, 0.25) is 6.79 Å². The zero-order chi connectivity index (χ0) is 21.8. The van der Waals surface area contributed by atoms with Crippen LogP contribution in [0.2, 0.25) is 10.0 Å². The van der Waals surface area contributed by atoms with Crippen molar-refractivity contribution >= 4 is 51.3 Å². The molecule has 1 heterocycles. The molecule has 0 unspecified atom stereocenters. The van der Waals surface area contributed by atoms with Gasteiger partial charge in [-0.15, -0.1) is 0 Å². The van der Waals surface area contributed by atoms with E-state index < -0.39 is 0 Å². The standard InChI is InChI=1S/C22H15BrCl2N2O4/c23-18-9-21-20(30-12-31-21)7-15(18)10-26-27-22(28)13-2-5-17(6-3-13)29-11-14-1-4-16(24)8-19(14)25/h1-10H,11-12H2,(H,27,28)/b26-10-. The molecule has 0 spiro atoms. The van der Waals surface area contributed by atoms with E-state index in [4.69, 9.17) is 37.4 Å². The molecule has 0 aromatic heterocycles. The van der Waals surface area contributed by atoms with Crippen molar-refractivity contribution in [3.63, 3.8) is 0 Å². The van der Waals surface area contributed by atoms with Gasteiger partial charge in [0.05, 0.1) is 6.21 Å². The van der Waals surface area contributed by atoms with Crippen LogP contribution in [0.1, 0.15) is 21.5 Å². The molecule has 158 valence electrons. The topological polar surface area (TPSA) is 69.2 Å². The van der Waals surface area contributed by atoms with Crippen molar-refractivity contribution in [1.82, 2.24) is 5.43 Å². The molecule has 0 saturated heterocycles. The van der Waals surface area contributed by atoms with Gasteiger partial charge < -0.3 is 14.2 Å². The highest BCUT2D eigenvalue weighted by Gasteiger charge is 2.15. The number of carbonyl (C=O) groups is 1. The Morgan fingerprint density at radius 3 is 2.58 bits per heavy atom. The number of nitrogens with zero attached hydrogens (tertiary/aromatic N) is 1. The molecule has 3 aromatic rings. The van der Waals surface area contributed by atoms with Gasteiger partial charge in [-0.05, 0) is 64.5 Å². The highest BCUT2D eigenvalue weighted by atomic mass is 79.9. The lowest BCUT2D eigenvalue weighted by atomic mass is 10.2. The SMILES string of the molecule is O=C(N/N=C\c1cc2c(cc1Br)OCO2)c1ccc(OCc2ccc(Cl)cc2Cl)cc1. The molecule has 1 aliphatic rings. The van der Waals surface area contributed by atoms with Gasteiger partial charge in [-0.2, -0.15) is 5.10 Å². The van der Waals surface area contributed by atoms with Crippen molar-refractivity contribution in [1.29, 1.82) is 0 Å². The van der Waals surface area contributed by atoms with Gasteiger partial charge in [0.1, 0.15) is 12.4 Å². The van der Waals surface area contributed by atoms with E-state index in [1.807, 2.05) is 6.07 Å². The minimum Gasteiger partial charge on any atom is -0.489 e. The number of hydrogen-bond acceptors (Lipinski definition) is 5. The number of benzene rings is 3. The first-order valence-electron chi connectivity index (χ1n) is 9.09. The third kappa shape index (κ3) is 5.31. The molecule has 3 aromatic carbocycles. The molecule has 0 saturated carbocycles. The molecular weight excluding hydrogens is 507 g/mol. The Morgan fingerprint density at radius 2 is 1.84 bits per heavy atom. The predicted molar refractivity (Wildman–Crippen MR) is 123 cm³/mol. The van der Waals surface area contributed by atoms with E-state index in [0.717, 1.165) is 15.6 Å². The second-order valence-electron chi connectivity index (χ2n) is 6.47. The molecule has 0 radical (unpaired) electrons. The number of rotatable bonds is 6. The molecule has 0 atom stereocenters. The van der Waals surface area contributed by atoms with E-state index in [1.54, 1.807) is 48.5 Å². The summed E-state index contributed by atoms with van der Waals surface area (Å²) in [6.45, 7) is 0.474. The summed E-state index contributed by atoms with van der Waals surface area (Å²) in [5.74, 6) is 1.55. The Bertz CT molecular complexity index is 1150. The average molecular weight is 522 g/mol. The minimum atomic E-state index is -0.347. The summed E-state index contributed by atoms with van der Waals surface area (Å²) in [5.41, 5.74) is 4.50. The van der Waals surface area contributed by atoms with Crippen molar-refractivity contribution in [3.05, 3.63) is 85.8 Å². The quantitative estimate of drug-likeness (QED) is 0.327. The van der Waals surface area contributed by atoms with Crippen molar-refractivity contribution < 1.29 is 19.0 Å². The molecule has 0 fully saturated rings. The number of fused-ring (bicyclic) bond motifs is 1. The van der Waals surface area contributed by atoms with Crippen LogP contribution in [0.5, 0.6) is 17.2 Å². The van der Waals surface area contributed by atoms with Crippen LogP contribution in [-0.2, 0) is 6.61 Å². The zero-order valence-electron chi connectivity index (χ0n) is 15.9. The first-order valence-corrected chi connectivity index (χ1v) is 10.6. The maximum absolute atomic E-state index is 12.3. The lowest BCUT2D eigenvalue weighted by Gasteiger charge is -2.08. The smallest absolute Gasteiger partial charge is 0.271 e. The van der Waals surface area contributed by atoms with Crippen molar-refractivity contribution in [2.45, 2.75) is 6.61 Å². The highest BCUT2D eigenvalue weighted by molar-refractivity contribution is 9.10. The fraction of sp³-hybridized carbons (Fsp3) is 0.0909. The van der Waals surface area contributed by atoms with Gasteiger partial charge in [0.25, 0.3) is 5.91 Å². The molecule has 1 amide bonds. The Labute approximate surface area is 196 Å². The van der Waals surface area contributed by atoms with Crippen LogP contribution in [-0.4, -0.2) is 18.9 Å². The van der Waals surface area contributed by atoms with Gasteiger partial charge in [0, 0.05) is 31.2 Å². The summed E-state index contributed by atoms with van der Waals surface area (Å²) in [5, 5.41) is 5.12. The molecule has 0 bridgehead atoms. The Morgan fingerprint density at radius 1 is 1.10 bits per heavy atom. The molecule has 4 rings (SSSR count). The number of amides is 1. The summed E-state index contributed by atoms with van der Waals surface area (Å²) in [4.78, 5) is 12.3. The second-order valence-corrected chi connectivity index (χ2v) is 8.17. The lowest BCUT2D eigenvalue weighted by molar-refractivity contribution is 0.0955. The van der Waals surface area contributed by atoms with Crippen LogP contribution in [0.25, 0.3) is 0 Å². The summed E-state index contributed by atoms with van der Waals surface area (Å²) < 4.78 is 17.1. The van der Waals surface area contributed by atoms with Crippen LogP contribution in [0, 0.1) is 0 Å². The Hall–Kier alpha value is -2.74. The van der Waals surface area contributed by atoms with Crippen LogP contribution in [0.4, 0.5) is 0 Å². The second kappa shape index (κ2) is 9.60. The largest absolute Gasteiger partial charge is 0.489 e. The number of ether oxygens (including phenoxy) is 3. The normalized spacial score (nSPS) is 12.2. The predicted octanol–water partition coefficient (Wildman–Crippen LogP) is 5.83. The molecule has 6 nitrogen and oxygen atoms in total. The highest BCUT2D eigenvalue weighted by Crippen LogP contribution is 2.36. The van der Waals surface area contributed by atoms with Gasteiger partial charge in [-0.25, -0.2) is 5.43 Å². The zero-order valence-corrected chi connectivity index (χ0v) is 19.0. The van der Waals surface area contributed by atoms with Crippen LogP contribution < -0.4 is 19.6 Å². The van der Waals surface area contributed by atoms with E-state index in [1.165, 1.54) is 6.21 Å². The molecule has 1 N–H and O–H groups in total. The summed E-state index contributed by atoms with van der Waals surface area (Å²) in [6, 6.07) is 15.5. The van der Waals surface area contributed by atoms with Crippen molar-refractivity contribution in [3.8, 4) is 17.2 Å². The van der Waals surface area contributed by atoms with Gasteiger partial charge in [-0.3, -0.25) is 4.79 Å². The number of halogens is 3. The molecule has 1 aliphatic heterocycles. The number of nitrogens with one attached hydrogen (secondary N) is 1. The monoisotopic (exact) mass is 520 g/mol. The molecule has 0 aliphatic carbocycles. The van der Waals surface area contributed by atoms with E-state index in [9.17, 15) is 4.79 Å². The van der Waals surface area contributed by atoms with Crippen LogP contribution in [0.15, 0.2) is 64.2 Å². The van der Waals surface area contributed by atoms with Gasteiger partial charge >= 0.3 is 0 Å².